The van der Waals surface area contributed by atoms with Crippen molar-refractivity contribution in [2.75, 3.05) is 10.6 Å². The molecule has 0 unspecified atom stereocenters. The van der Waals surface area contributed by atoms with Crippen LogP contribution in [0.5, 0.6) is 0 Å². The van der Waals surface area contributed by atoms with Crippen molar-refractivity contribution in [2.45, 2.75) is 32.9 Å². The number of fused-ring (bicyclic) bond motifs is 1. The first-order valence-electron chi connectivity index (χ1n) is 9.09. The van der Waals surface area contributed by atoms with Crippen LogP contribution in [0.4, 0.5) is 17.5 Å². The fraction of sp³-hybridized carbons (Fsp3) is 0.263. The number of H-pyrrole nitrogens is 1. The fourth-order valence-corrected chi connectivity index (χ4v) is 2.91. The highest BCUT2D eigenvalue weighted by Gasteiger charge is 2.17. The zero-order valence-corrected chi connectivity index (χ0v) is 16.3. The predicted molar refractivity (Wildman–Crippen MR) is 110 cm³/mol. The van der Waals surface area contributed by atoms with E-state index in [0.29, 0.717) is 35.1 Å². The Balaban J connectivity index is 1.82. The lowest BCUT2D eigenvalue weighted by Crippen LogP contribution is -2.29. The van der Waals surface area contributed by atoms with E-state index < -0.39 is 0 Å². The Bertz CT molecular complexity index is 1180. The van der Waals surface area contributed by atoms with E-state index in [-0.39, 0.29) is 11.1 Å². The maximum Gasteiger partial charge on any atom is 0.262 e. The molecule has 0 fully saturated rings. The lowest BCUT2D eigenvalue weighted by molar-refractivity contribution is 0.631. The summed E-state index contributed by atoms with van der Waals surface area (Å²) < 4.78 is 1.59. The molecule has 0 spiro atoms. The third-order valence-corrected chi connectivity index (χ3v) is 4.07. The second-order valence-electron chi connectivity index (χ2n) is 7.62. The molecule has 0 saturated carbocycles. The molecule has 0 aromatic carbocycles. The molecular formula is C19H21N9O. The van der Waals surface area contributed by atoms with Gasteiger partial charge in [-0.1, -0.05) is 0 Å². The molecule has 10 heteroatoms. The van der Waals surface area contributed by atoms with E-state index in [1.165, 1.54) is 0 Å². The number of pyridine rings is 2. The van der Waals surface area contributed by atoms with Gasteiger partial charge in [-0.25, -0.2) is 9.97 Å². The molecule has 0 bridgehead atoms. The molecule has 4 heterocycles. The van der Waals surface area contributed by atoms with Crippen molar-refractivity contribution in [3.05, 3.63) is 59.2 Å². The SMILES string of the molecule is CC(C)(C)Nc1nc(Nc2cnccn2)cc2ccn(Cc3cn[nH]n3)c(=O)c12. The Morgan fingerprint density at radius 3 is 2.72 bits per heavy atom. The molecule has 0 atom stereocenters. The molecule has 148 valence electrons. The lowest BCUT2D eigenvalue weighted by Gasteiger charge is -2.23. The maximum absolute atomic E-state index is 13.2. The summed E-state index contributed by atoms with van der Waals surface area (Å²) in [4.78, 5) is 26.1. The molecule has 4 aromatic rings. The predicted octanol–water partition coefficient (Wildman–Crippen LogP) is 2.31. The molecule has 10 nitrogen and oxygen atoms in total. The number of aromatic nitrogens is 7. The van der Waals surface area contributed by atoms with Gasteiger partial charge in [-0.05, 0) is 38.3 Å². The van der Waals surface area contributed by atoms with Crippen molar-refractivity contribution < 1.29 is 0 Å². The number of aromatic amines is 1. The molecule has 4 aromatic heterocycles. The van der Waals surface area contributed by atoms with Crippen molar-refractivity contribution in [2.24, 2.45) is 0 Å². The van der Waals surface area contributed by atoms with E-state index in [1.807, 2.05) is 32.9 Å². The highest BCUT2D eigenvalue weighted by Crippen LogP contribution is 2.26. The molecule has 29 heavy (non-hydrogen) atoms. The van der Waals surface area contributed by atoms with Gasteiger partial charge in [0.25, 0.3) is 5.56 Å². The van der Waals surface area contributed by atoms with E-state index in [2.05, 4.69) is 41.0 Å². The fourth-order valence-electron chi connectivity index (χ4n) is 2.91. The highest BCUT2D eigenvalue weighted by atomic mass is 16.1. The second kappa shape index (κ2) is 7.30. The summed E-state index contributed by atoms with van der Waals surface area (Å²) >= 11 is 0. The van der Waals surface area contributed by atoms with Gasteiger partial charge in [0.15, 0.2) is 0 Å². The van der Waals surface area contributed by atoms with E-state index >= 15 is 0 Å². The minimum atomic E-state index is -0.287. The number of nitrogens with one attached hydrogen (secondary N) is 3. The van der Waals surface area contributed by atoms with Crippen molar-refractivity contribution >= 4 is 28.2 Å². The standard InChI is InChI=1S/C19H21N9O/c1-19(2,3)25-17-16-12(8-14(24-17)23-15-10-20-5-6-21-15)4-7-28(18(16)29)11-13-9-22-27-26-13/h4-10H,11H2,1-3H3,(H,22,26,27)(H2,21,23,24,25). The Morgan fingerprint density at radius 2 is 2.03 bits per heavy atom. The summed E-state index contributed by atoms with van der Waals surface area (Å²) in [5.41, 5.74) is 0.228. The molecule has 0 amide bonds. The first-order valence-corrected chi connectivity index (χ1v) is 9.09. The molecule has 0 saturated heterocycles. The van der Waals surface area contributed by atoms with Crippen molar-refractivity contribution in [3.63, 3.8) is 0 Å². The molecule has 4 rings (SSSR count). The van der Waals surface area contributed by atoms with Crippen LogP contribution in [0.25, 0.3) is 10.8 Å². The third kappa shape index (κ3) is 4.21. The van der Waals surface area contributed by atoms with Gasteiger partial charge in [0, 0.05) is 24.1 Å². The topological polar surface area (TPSA) is 126 Å². The lowest BCUT2D eigenvalue weighted by atomic mass is 10.1. The molecule has 3 N–H and O–H groups in total. The van der Waals surface area contributed by atoms with Crippen LogP contribution in [0.1, 0.15) is 26.5 Å². The first kappa shape index (κ1) is 18.5. The summed E-state index contributed by atoms with van der Waals surface area (Å²) in [6.45, 7) is 6.36. The second-order valence-corrected chi connectivity index (χ2v) is 7.62. The first-order chi connectivity index (χ1) is 13.9. The van der Waals surface area contributed by atoms with E-state index in [4.69, 9.17) is 0 Å². The molecule has 0 aliphatic carbocycles. The average Bonchev–Trinajstić information content (AvgIpc) is 3.16. The number of hydrogen-bond acceptors (Lipinski definition) is 8. The quantitative estimate of drug-likeness (QED) is 0.473. The molecule has 0 aliphatic heterocycles. The van der Waals surface area contributed by atoms with Crippen LogP contribution in [0.2, 0.25) is 0 Å². The summed E-state index contributed by atoms with van der Waals surface area (Å²) in [5, 5.41) is 18.1. The van der Waals surface area contributed by atoms with Gasteiger partial charge in [0.1, 0.15) is 23.1 Å². The molecule has 0 aliphatic rings. The van der Waals surface area contributed by atoms with Crippen molar-refractivity contribution in [3.8, 4) is 0 Å². The molecular weight excluding hydrogens is 370 g/mol. The zero-order chi connectivity index (χ0) is 20.4. The summed E-state index contributed by atoms with van der Waals surface area (Å²) in [7, 11) is 0. The number of rotatable bonds is 5. The van der Waals surface area contributed by atoms with Gasteiger partial charge in [-0.3, -0.25) is 9.78 Å². The average molecular weight is 391 g/mol. The monoisotopic (exact) mass is 391 g/mol. The van der Waals surface area contributed by atoms with E-state index in [9.17, 15) is 4.79 Å². The van der Waals surface area contributed by atoms with Gasteiger partial charge in [0.05, 0.1) is 24.3 Å². The van der Waals surface area contributed by atoms with Crippen molar-refractivity contribution in [1.29, 1.82) is 0 Å². The maximum atomic E-state index is 13.2. The Labute approximate surface area is 166 Å². The number of hydrogen-bond donors (Lipinski definition) is 3. The minimum absolute atomic E-state index is 0.157. The Morgan fingerprint density at radius 1 is 1.17 bits per heavy atom. The van der Waals surface area contributed by atoms with E-state index in [1.54, 1.807) is 35.6 Å². The Hall–Kier alpha value is -3.82. The summed E-state index contributed by atoms with van der Waals surface area (Å²) in [6, 6.07) is 3.70. The van der Waals surface area contributed by atoms with E-state index in [0.717, 1.165) is 5.39 Å². The van der Waals surface area contributed by atoms with Gasteiger partial charge in [0.2, 0.25) is 0 Å². The van der Waals surface area contributed by atoms with Crippen LogP contribution in [-0.2, 0) is 6.54 Å². The molecule has 0 radical (unpaired) electrons. The third-order valence-electron chi connectivity index (χ3n) is 4.07. The van der Waals surface area contributed by atoms with Crippen LogP contribution in [0.3, 0.4) is 0 Å². The van der Waals surface area contributed by atoms with Gasteiger partial charge in [-0.15, -0.1) is 0 Å². The van der Waals surface area contributed by atoms with Crippen LogP contribution in [0.15, 0.2) is 47.9 Å². The van der Waals surface area contributed by atoms with Crippen molar-refractivity contribution in [1.82, 2.24) is 34.9 Å². The number of nitrogens with zero attached hydrogens (tertiary/aromatic N) is 6. The van der Waals surface area contributed by atoms with Gasteiger partial charge >= 0.3 is 0 Å². The van der Waals surface area contributed by atoms with Gasteiger partial charge < -0.3 is 15.2 Å². The van der Waals surface area contributed by atoms with Crippen LogP contribution >= 0.6 is 0 Å². The van der Waals surface area contributed by atoms with Crippen LogP contribution in [-0.4, -0.2) is 40.5 Å². The Kier molecular flexibility index (Phi) is 4.67. The summed E-state index contributed by atoms with van der Waals surface area (Å²) in [5.74, 6) is 1.64. The largest absolute Gasteiger partial charge is 0.365 e. The normalized spacial score (nSPS) is 11.6. The zero-order valence-electron chi connectivity index (χ0n) is 16.3. The summed E-state index contributed by atoms with van der Waals surface area (Å²) in [6.07, 6.45) is 8.14. The van der Waals surface area contributed by atoms with Gasteiger partial charge in [-0.2, -0.15) is 15.4 Å². The number of anilines is 3. The van der Waals surface area contributed by atoms with Crippen LogP contribution in [0, 0.1) is 0 Å². The minimum Gasteiger partial charge on any atom is -0.365 e. The highest BCUT2D eigenvalue weighted by molar-refractivity contribution is 5.93. The van der Waals surface area contributed by atoms with Crippen LogP contribution < -0.4 is 16.2 Å². The smallest absolute Gasteiger partial charge is 0.262 e.